The molecule has 0 unspecified atom stereocenters. The van der Waals surface area contributed by atoms with Crippen molar-refractivity contribution in [3.05, 3.63) is 22.9 Å². The lowest BCUT2D eigenvalue weighted by molar-refractivity contribution is -0.278. The zero-order chi connectivity index (χ0) is 14.8. The second kappa shape index (κ2) is 5.21. The summed E-state index contributed by atoms with van der Waals surface area (Å²) in [6.45, 7) is -1.28. The molecule has 0 aliphatic rings. The Kier molecular flexibility index (Phi) is 4.25. The zero-order valence-electron chi connectivity index (χ0n) is 9.14. The largest absolute Gasteiger partial charge is 0.574 e. The number of pyridine rings is 1. The van der Waals surface area contributed by atoms with Crippen LogP contribution in [0.4, 0.5) is 26.3 Å². The molecular formula is C9H8F6N2O2. The van der Waals surface area contributed by atoms with Gasteiger partial charge in [0.2, 0.25) is 5.88 Å². The van der Waals surface area contributed by atoms with Crippen molar-refractivity contribution in [1.82, 2.24) is 4.98 Å². The summed E-state index contributed by atoms with van der Waals surface area (Å²) >= 11 is 0. The maximum absolute atomic E-state index is 12.6. The Hall–Kier alpha value is -1.55. The van der Waals surface area contributed by atoms with E-state index in [2.05, 4.69) is 9.72 Å². The van der Waals surface area contributed by atoms with Gasteiger partial charge in [0.25, 0.3) is 0 Å². The van der Waals surface area contributed by atoms with Crippen molar-refractivity contribution in [2.75, 3.05) is 0 Å². The van der Waals surface area contributed by atoms with Crippen molar-refractivity contribution >= 4 is 0 Å². The molecule has 1 rings (SSSR count). The van der Waals surface area contributed by atoms with Gasteiger partial charge >= 0.3 is 12.5 Å². The van der Waals surface area contributed by atoms with Gasteiger partial charge in [-0.25, -0.2) is 4.98 Å². The highest BCUT2D eigenvalue weighted by Crippen LogP contribution is 2.38. The number of rotatable bonds is 3. The van der Waals surface area contributed by atoms with E-state index in [1.165, 1.54) is 0 Å². The molecule has 0 saturated carbocycles. The van der Waals surface area contributed by atoms with Gasteiger partial charge < -0.3 is 15.6 Å². The van der Waals surface area contributed by atoms with Crippen molar-refractivity contribution in [3.63, 3.8) is 0 Å². The van der Waals surface area contributed by atoms with Gasteiger partial charge in [0.05, 0.1) is 12.3 Å². The predicted molar refractivity (Wildman–Crippen MR) is 49.7 cm³/mol. The number of hydrogen-bond acceptors (Lipinski definition) is 4. The first-order chi connectivity index (χ1) is 8.58. The van der Waals surface area contributed by atoms with Gasteiger partial charge in [0.15, 0.2) is 0 Å². The summed E-state index contributed by atoms with van der Waals surface area (Å²) in [5.74, 6) is -1.67. The first-order valence-electron chi connectivity index (χ1n) is 4.75. The molecule has 4 nitrogen and oxygen atoms in total. The van der Waals surface area contributed by atoms with E-state index in [-0.39, 0.29) is 5.56 Å². The molecule has 1 aromatic heterocycles. The predicted octanol–water partition coefficient (Wildman–Crippen LogP) is 1.95. The summed E-state index contributed by atoms with van der Waals surface area (Å²) in [7, 11) is 0. The van der Waals surface area contributed by atoms with Crippen molar-refractivity contribution in [1.29, 1.82) is 0 Å². The first-order valence-corrected chi connectivity index (χ1v) is 4.75. The molecule has 0 saturated heterocycles. The van der Waals surface area contributed by atoms with E-state index in [0.29, 0.717) is 6.07 Å². The minimum absolute atomic E-state index is 0.218. The normalized spacial score (nSPS) is 12.6. The summed E-state index contributed by atoms with van der Waals surface area (Å²) < 4.78 is 77.0. The van der Waals surface area contributed by atoms with Gasteiger partial charge in [-0.2, -0.15) is 13.2 Å². The molecule has 10 heteroatoms. The Morgan fingerprint density at radius 2 is 1.79 bits per heavy atom. The topological polar surface area (TPSA) is 68.4 Å². The van der Waals surface area contributed by atoms with Crippen LogP contribution in [0.25, 0.3) is 0 Å². The fourth-order valence-corrected chi connectivity index (χ4v) is 1.28. The van der Waals surface area contributed by atoms with Crippen LogP contribution in [0.2, 0.25) is 0 Å². The van der Waals surface area contributed by atoms with Crippen LogP contribution >= 0.6 is 0 Å². The summed E-state index contributed by atoms with van der Waals surface area (Å²) in [6, 6.07) is 0.375. The molecule has 0 bridgehead atoms. The molecule has 1 heterocycles. The van der Waals surface area contributed by atoms with Crippen molar-refractivity contribution in [2.24, 2.45) is 5.73 Å². The van der Waals surface area contributed by atoms with Gasteiger partial charge in [-0.3, -0.25) is 0 Å². The van der Waals surface area contributed by atoms with Gasteiger partial charge in [-0.15, -0.1) is 13.2 Å². The summed E-state index contributed by atoms with van der Waals surface area (Å²) in [4.78, 5) is 3.02. The Morgan fingerprint density at radius 1 is 1.21 bits per heavy atom. The molecule has 1 aromatic rings. The van der Waals surface area contributed by atoms with Crippen LogP contribution in [0, 0.1) is 0 Å². The van der Waals surface area contributed by atoms with E-state index in [1.54, 1.807) is 0 Å². The summed E-state index contributed by atoms with van der Waals surface area (Å²) in [5, 5.41) is 8.83. The number of hydrogen-bond donors (Lipinski definition) is 2. The van der Waals surface area contributed by atoms with Gasteiger partial charge in [-0.05, 0) is 11.6 Å². The van der Waals surface area contributed by atoms with Crippen molar-refractivity contribution < 1.29 is 36.2 Å². The minimum atomic E-state index is -5.33. The van der Waals surface area contributed by atoms with E-state index < -0.39 is 42.8 Å². The van der Waals surface area contributed by atoms with Crippen LogP contribution in [0.15, 0.2) is 6.07 Å². The van der Waals surface area contributed by atoms with E-state index in [9.17, 15) is 26.3 Å². The minimum Gasteiger partial charge on any atom is -0.390 e. The number of ether oxygens (including phenoxy) is 1. The smallest absolute Gasteiger partial charge is 0.390 e. The molecule has 0 aliphatic heterocycles. The van der Waals surface area contributed by atoms with Gasteiger partial charge in [-0.1, -0.05) is 0 Å². The first kappa shape index (κ1) is 15.5. The van der Waals surface area contributed by atoms with Crippen LogP contribution in [-0.2, 0) is 19.3 Å². The fraction of sp³-hybridized carbons (Fsp3) is 0.444. The summed E-state index contributed by atoms with van der Waals surface area (Å²) in [6.07, 6.45) is -10.4. The summed E-state index contributed by atoms with van der Waals surface area (Å²) in [5.41, 5.74) is 2.80. The van der Waals surface area contributed by atoms with Crippen LogP contribution < -0.4 is 10.5 Å². The molecule has 0 aliphatic carbocycles. The maximum atomic E-state index is 12.6. The monoisotopic (exact) mass is 290 g/mol. The Balaban J connectivity index is 3.41. The number of halogens is 6. The third-order valence-corrected chi connectivity index (χ3v) is 2.04. The SMILES string of the molecule is NCc1cc(C(F)(F)F)c(OC(F)(F)F)nc1CO. The van der Waals surface area contributed by atoms with E-state index in [1.807, 2.05) is 0 Å². The van der Waals surface area contributed by atoms with E-state index in [4.69, 9.17) is 10.8 Å². The number of aliphatic hydroxyl groups is 1. The van der Waals surface area contributed by atoms with Gasteiger partial charge in [0.1, 0.15) is 5.56 Å². The highest BCUT2D eigenvalue weighted by atomic mass is 19.4. The fourth-order valence-electron chi connectivity index (χ4n) is 1.28. The quantitative estimate of drug-likeness (QED) is 0.835. The van der Waals surface area contributed by atoms with Crippen molar-refractivity contribution in [3.8, 4) is 5.88 Å². The molecule has 0 fully saturated rings. The number of nitrogens with two attached hydrogens (primary N) is 1. The average Bonchev–Trinajstić information content (AvgIpc) is 2.24. The third-order valence-electron chi connectivity index (χ3n) is 2.04. The second-order valence-electron chi connectivity index (χ2n) is 3.35. The van der Waals surface area contributed by atoms with E-state index in [0.717, 1.165) is 0 Å². The highest BCUT2D eigenvalue weighted by Gasteiger charge is 2.41. The third kappa shape index (κ3) is 3.96. The average molecular weight is 290 g/mol. The lowest BCUT2D eigenvalue weighted by atomic mass is 10.1. The number of alkyl halides is 6. The molecule has 0 spiro atoms. The Morgan fingerprint density at radius 3 is 2.16 bits per heavy atom. The molecule has 0 atom stereocenters. The zero-order valence-corrected chi connectivity index (χ0v) is 9.14. The van der Waals surface area contributed by atoms with Crippen molar-refractivity contribution in [2.45, 2.75) is 25.7 Å². The number of aliphatic hydroxyl groups excluding tert-OH is 1. The second-order valence-corrected chi connectivity index (χ2v) is 3.35. The molecule has 0 amide bonds. The number of aromatic nitrogens is 1. The molecule has 0 radical (unpaired) electrons. The molecule has 0 aromatic carbocycles. The van der Waals surface area contributed by atoms with Crippen LogP contribution in [0.3, 0.4) is 0 Å². The van der Waals surface area contributed by atoms with Gasteiger partial charge in [0, 0.05) is 6.54 Å². The Labute approximate surface area is 102 Å². The standard InChI is InChI=1S/C9H8F6N2O2/c10-8(11,12)5-1-4(2-16)6(3-18)17-7(5)19-9(13,14)15/h1,18H,2-3,16H2. The maximum Gasteiger partial charge on any atom is 0.574 e. The molecule has 108 valence electrons. The molecular weight excluding hydrogens is 282 g/mol. The lowest BCUT2D eigenvalue weighted by Crippen LogP contribution is -2.22. The lowest BCUT2D eigenvalue weighted by Gasteiger charge is -2.17. The number of nitrogens with zero attached hydrogens (tertiary/aromatic N) is 1. The molecule has 3 N–H and O–H groups in total. The molecule has 19 heavy (non-hydrogen) atoms. The van der Waals surface area contributed by atoms with Crippen LogP contribution in [0.5, 0.6) is 5.88 Å². The van der Waals surface area contributed by atoms with Crippen LogP contribution in [0.1, 0.15) is 16.8 Å². The highest BCUT2D eigenvalue weighted by molar-refractivity contribution is 5.36. The Bertz CT molecular complexity index is 457. The van der Waals surface area contributed by atoms with Crippen LogP contribution in [-0.4, -0.2) is 16.5 Å². The van der Waals surface area contributed by atoms with E-state index >= 15 is 0 Å².